The number of rotatable bonds is 4. The third-order valence-corrected chi connectivity index (χ3v) is 6.08. The fraction of sp³-hybridized carbons (Fsp3) is 0.0385. The first-order valence-corrected chi connectivity index (χ1v) is 10.7. The third-order valence-electron chi connectivity index (χ3n) is 5.83. The molecule has 1 unspecified atom stereocenters. The van der Waals surface area contributed by atoms with Crippen LogP contribution in [0.3, 0.4) is 0 Å². The van der Waals surface area contributed by atoms with Crippen LogP contribution in [-0.4, -0.2) is 24.1 Å². The highest BCUT2D eigenvalue weighted by Gasteiger charge is 2.18. The summed E-state index contributed by atoms with van der Waals surface area (Å²) in [6, 6.07) is 27.0. The molecule has 154 valence electrons. The second-order valence-electron chi connectivity index (χ2n) is 7.72. The van der Waals surface area contributed by atoms with Gasteiger partial charge in [0.15, 0.2) is 5.65 Å². The normalized spacial score (nSPS) is 12.4. The fourth-order valence-corrected chi connectivity index (χ4v) is 4.47. The van der Waals surface area contributed by atoms with Crippen LogP contribution in [0, 0.1) is 0 Å². The van der Waals surface area contributed by atoms with Crippen LogP contribution in [0.1, 0.15) is 17.2 Å². The predicted octanol–water partition coefficient (Wildman–Crippen LogP) is 6.04. The molecule has 0 spiro atoms. The van der Waals surface area contributed by atoms with E-state index in [2.05, 4.69) is 80.4 Å². The summed E-state index contributed by atoms with van der Waals surface area (Å²) < 4.78 is 4.14. The second kappa shape index (κ2) is 7.62. The lowest BCUT2D eigenvalue weighted by Crippen LogP contribution is -2.10. The first-order chi connectivity index (χ1) is 15.8. The largest absolute Gasteiger partial charge is 0.326 e. The first-order valence-electron chi connectivity index (χ1n) is 10.3. The van der Waals surface area contributed by atoms with E-state index in [1.54, 1.807) is 12.5 Å². The van der Waals surface area contributed by atoms with E-state index >= 15 is 0 Å². The maximum atomic E-state index is 6.16. The number of hydrogen-bond acceptors (Lipinski definition) is 3. The maximum Gasteiger partial charge on any atom is 0.161 e. The molecule has 0 saturated heterocycles. The molecule has 6 aromatic rings. The highest BCUT2D eigenvalue weighted by Crippen LogP contribution is 2.35. The second-order valence-corrected chi connectivity index (χ2v) is 8.16. The van der Waals surface area contributed by atoms with Gasteiger partial charge in [-0.2, -0.15) is 0 Å². The number of aromatic nitrogens is 5. The number of fused-ring (bicyclic) bond motifs is 3. The monoisotopic (exact) mass is 435 g/mol. The highest BCUT2D eigenvalue weighted by molar-refractivity contribution is 6.30. The topological polar surface area (TPSA) is 48.0 Å². The number of imidazole rings is 1. The molecule has 1 atom stereocenters. The Balaban J connectivity index is 1.62. The molecule has 0 bridgehead atoms. The van der Waals surface area contributed by atoms with Crippen molar-refractivity contribution in [3.63, 3.8) is 0 Å². The van der Waals surface area contributed by atoms with Crippen molar-refractivity contribution in [1.29, 1.82) is 0 Å². The minimum absolute atomic E-state index is 0.0283. The van der Waals surface area contributed by atoms with Gasteiger partial charge in [-0.25, -0.2) is 4.98 Å². The zero-order chi connectivity index (χ0) is 21.5. The van der Waals surface area contributed by atoms with Crippen LogP contribution in [0.2, 0.25) is 5.02 Å². The van der Waals surface area contributed by atoms with E-state index in [0.717, 1.165) is 43.8 Å². The van der Waals surface area contributed by atoms with Gasteiger partial charge in [0, 0.05) is 22.8 Å². The zero-order valence-electron chi connectivity index (χ0n) is 17.0. The molecule has 0 N–H and O–H groups in total. The first kappa shape index (κ1) is 18.8. The molecule has 3 heterocycles. The Morgan fingerprint density at radius 2 is 1.62 bits per heavy atom. The Morgan fingerprint density at radius 3 is 2.41 bits per heavy atom. The van der Waals surface area contributed by atoms with Gasteiger partial charge in [0.1, 0.15) is 6.33 Å². The van der Waals surface area contributed by atoms with Crippen molar-refractivity contribution >= 4 is 28.2 Å². The van der Waals surface area contributed by atoms with Crippen molar-refractivity contribution in [2.75, 3.05) is 0 Å². The SMILES string of the molecule is Clc1ccc(C(c2ccc3c(c2)c(-c2ccccc2)cc2nncn23)n2ccnc2)cc1. The lowest BCUT2D eigenvalue weighted by Gasteiger charge is -2.21. The van der Waals surface area contributed by atoms with Crippen molar-refractivity contribution in [3.05, 3.63) is 120 Å². The van der Waals surface area contributed by atoms with Crippen LogP contribution in [0.15, 0.2) is 104 Å². The molecule has 0 aliphatic rings. The smallest absolute Gasteiger partial charge is 0.161 e. The molecule has 0 fully saturated rings. The Bertz CT molecular complexity index is 1520. The summed E-state index contributed by atoms with van der Waals surface area (Å²) in [5.41, 5.74) is 6.46. The van der Waals surface area contributed by atoms with Gasteiger partial charge in [0.2, 0.25) is 0 Å². The summed E-state index contributed by atoms with van der Waals surface area (Å²) in [4.78, 5) is 4.29. The van der Waals surface area contributed by atoms with Crippen LogP contribution in [0.4, 0.5) is 0 Å². The lowest BCUT2D eigenvalue weighted by molar-refractivity contribution is 0.677. The molecule has 0 radical (unpaired) electrons. The molecular formula is C26H18ClN5. The molecule has 6 heteroatoms. The van der Waals surface area contributed by atoms with Gasteiger partial charge in [0.25, 0.3) is 0 Å². The molecular weight excluding hydrogens is 418 g/mol. The van der Waals surface area contributed by atoms with Gasteiger partial charge in [-0.1, -0.05) is 60.1 Å². The van der Waals surface area contributed by atoms with E-state index in [1.165, 1.54) is 0 Å². The highest BCUT2D eigenvalue weighted by atomic mass is 35.5. The van der Waals surface area contributed by atoms with Crippen molar-refractivity contribution in [2.24, 2.45) is 0 Å². The minimum atomic E-state index is -0.0283. The standard InChI is InChI=1S/C26H18ClN5/c27-21-9-6-19(7-10-21)26(31-13-12-28-16-31)20-8-11-24-23(14-20)22(18-4-2-1-3-5-18)15-25-30-29-17-32(24)25/h1-17,26H. The zero-order valence-corrected chi connectivity index (χ0v) is 17.8. The quantitative estimate of drug-likeness (QED) is 0.339. The number of pyridine rings is 1. The van der Waals surface area contributed by atoms with Gasteiger partial charge in [-0.05, 0) is 52.6 Å². The maximum absolute atomic E-state index is 6.16. The summed E-state index contributed by atoms with van der Waals surface area (Å²) in [5, 5.41) is 10.3. The fourth-order valence-electron chi connectivity index (χ4n) is 4.34. The summed E-state index contributed by atoms with van der Waals surface area (Å²) in [7, 11) is 0. The van der Waals surface area contributed by atoms with Gasteiger partial charge in [0.05, 0.1) is 17.9 Å². The average Bonchev–Trinajstić information content (AvgIpc) is 3.53. The van der Waals surface area contributed by atoms with E-state index in [0.29, 0.717) is 0 Å². The van der Waals surface area contributed by atoms with E-state index in [4.69, 9.17) is 11.6 Å². The molecule has 3 aromatic carbocycles. The van der Waals surface area contributed by atoms with Gasteiger partial charge < -0.3 is 4.57 Å². The summed E-state index contributed by atoms with van der Waals surface area (Å²) >= 11 is 6.16. The van der Waals surface area contributed by atoms with Crippen molar-refractivity contribution in [3.8, 4) is 11.1 Å². The van der Waals surface area contributed by atoms with Crippen molar-refractivity contribution < 1.29 is 0 Å². The van der Waals surface area contributed by atoms with Crippen LogP contribution in [0.5, 0.6) is 0 Å². The van der Waals surface area contributed by atoms with Gasteiger partial charge in [-0.15, -0.1) is 10.2 Å². The van der Waals surface area contributed by atoms with Gasteiger partial charge >= 0.3 is 0 Å². The molecule has 0 amide bonds. The molecule has 6 rings (SSSR count). The molecule has 3 aromatic heterocycles. The van der Waals surface area contributed by atoms with E-state index in [9.17, 15) is 0 Å². The predicted molar refractivity (Wildman–Crippen MR) is 127 cm³/mol. The lowest BCUT2D eigenvalue weighted by atomic mass is 9.94. The summed E-state index contributed by atoms with van der Waals surface area (Å²) in [5.74, 6) is 0. The van der Waals surface area contributed by atoms with Crippen molar-refractivity contribution in [1.82, 2.24) is 24.1 Å². The number of hydrogen-bond donors (Lipinski definition) is 0. The minimum Gasteiger partial charge on any atom is -0.326 e. The van der Waals surface area contributed by atoms with Crippen LogP contribution >= 0.6 is 11.6 Å². The summed E-state index contributed by atoms with van der Waals surface area (Å²) in [6.45, 7) is 0. The van der Waals surface area contributed by atoms with Crippen molar-refractivity contribution in [2.45, 2.75) is 6.04 Å². The Hall–Kier alpha value is -3.96. The van der Waals surface area contributed by atoms with E-state index < -0.39 is 0 Å². The number of halogens is 1. The Kier molecular flexibility index (Phi) is 4.47. The molecule has 0 saturated carbocycles. The Morgan fingerprint density at radius 1 is 0.812 bits per heavy atom. The van der Waals surface area contributed by atoms with Gasteiger partial charge in [-0.3, -0.25) is 4.40 Å². The van der Waals surface area contributed by atoms with Crippen LogP contribution in [-0.2, 0) is 0 Å². The number of nitrogens with zero attached hydrogens (tertiary/aromatic N) is 5. The molecule has 5 nitrogen and oxygen atoms in total. The average molecular weight is 436 g/mol. The van der Waals surface area contributed by atoms with Crippen LogP contribution in [0.25, 0.3) is 27.7 Å². The van der Waals surface area contributed by atoms with E-state index in [1.807, 2.05) is 35.1 Å². The number of benzene rings is 3. The Labute approximate surface area is 189 Å². The summed E-state index contributed by atoms with van der Waals surface area (Å²) in [6.07, 6.45) is 7.41. The molecule has 32 heavy (non-hydrogen) atoms. The molecule has 0 aliphatic carbocycles. The molecule has 0 aliphatic heterocycles. The third kappa shape index (κ3) is 3.15. The van der Waals surface area contributed by atoms with Crippen LogP contribution < -0.4 is 0 Å². The van der Waals surface area contributed by atoms with E-state index in [-0.39, 0.29) is 6.04 Å².